The molecular weight excluding hydrogens is 402 g/mol. The van der Waals surface area contributed by atoms with Crippen LogP contribution in [0.2, 0.25) is 0 Å². The standard InChI is InChI=1S/C31H61NO/c1-3-5-7-9-11-13-15-17-19-21-23-25-27-30-29-33-31(32-30)28-26-24-22-20-18-16-14-12-10-8-6-4-2/h30H,3-29H2,1-2H3. The van der Waals surface area contributed by atoms with Crippen LogP contribution in [0.3, 0.4) is 0 Å². The van der Waals surface area contributed by atoms with Gasteiger partial charge in [-0.05, 0) is 12.8 Å². The van der Waals surface area contributed by atoms with Crippen LogP contribution in [0.25, 0.3) is 0 Å². The van der Waals surface area contributed by atoms with Crippen molar-refractivity contribution in [3.05, 3.63) is 0 Å². The van der Waals surface area contributed by atoms with E-state index in [0.29, 0.717) is 6.04 Å². The zero-order valence-corrected chi connectivity index (χ0v) is 23.0. The minimum absolute atomic E-state index is 0.459. The number of rotatable bonds is 26. The van der Waals surface area contributed by atoms with E-state index in [9.17, 15) is 0 Å². The van der Waals surface area contributed by atoms with Crippen LogP contribution >= 0.6 is 0 Å². The van der Waals surface area contributed by atoms with Gasteiger partial charge in [-0.2, -0.15) is 0 Å². The summed E-state index contributed by atoms with van der Waals surface area (Å²) in [6.45, 7) is 5.45. The molecule has 0 aliphatic carbocycles. The van der Waals surface area contributed by atoms with Crippen LogP contribution < -0.4 is 0 Å². The summed E-state index contributed by atoms with van der Waals surface area (Å²) in [5.74, 6) is 1.06. The van der Waals surface area contributed by atoms with Crippen molar-refractivity contribution in [1.82, 2.24) is 0 Å². The lowest BCUT2D eigenvalue weighted by atomic mass is 10.0. The number of ether oxygens (including phenoxy) is 1. The number of nitrogens with zero attached hydrogens (tertiary/aromatic N) is 1. The SMILES string of the molecule is CCCCCCCCCCCCCCC1=NC(CCCCCCCCCCCCCC)CO1. The summed E-state index contributed by atoms with van der Waals surface area (Å²) in [6.07, 6.45) is 36.3. The minimum Gasteiger partial charge on any atom is -0.479 e. The van der Waals surface area contributed by atoms with E-state index < -0.39 is 0 Å². The highest BCUT2D eigenvalue weighted by Crippen LogP contribution is 2.18. The average molecular weight is 464 g/mol. The van der Waals surface area contributed by atoms with Crippen molar-refractivity contribution >= 4 is 5.90 Å². The lowest BCUT2D eigenvalue weighted by Gasteiger charge is -2.05. The van der Waals surface area contributed by atoms with Crippen LogP contribution in [0.1, 0.15) is 181 Å². The van der Waals surface area contributed by atoms with Gasteiger partial charge < -0.3 is 4.74 Å². The summed E-state index contributed by atoms with van der Waals surface area (Å²) in [7, 11) is 0. The van der Waals surface area contributed by atoms with Crippen molar-refractivity contribution in [2.75, 3.05) is 6.61 Å². The normalized spacial score (nSPS) is 15.7. The fourth-order valence-corrected chi connectivity index (χ4v) is 5.09. The van der Waals surface area contributed by atoms with Crippen molar-refractivity contribution in [3.63, 3.8) is 0 Å². The zero-order valence-electron chi connectivity index (χ0n) is 23.0. The lowest BCUT2D eigenvalue weighted by molar-refractivity contribution is 0.301. The van der Waals surface area contributed by atoms with Gasteiger partial charge >= 0.3 is 0 Å². The molecule has 0 amide bonds. The number of hydrogen-bond donors (Lipinski definition) is 0. The summed E-state index contributed by atoms with van der Waals surface area (Å²) in [4.78, 5) is 4.86. The van der Waals surface area contributed by atoms with Crippen LogP contribution in [-0.2, 0) is 4.74 Å². The Morgan fingerprint density at radius 1 is 0.515 bits per heavy atom. The van der Waals surface area contributed by atoms with Gasteiger partial charge in [0.2, 0.25) is 0 Å². The highest BCUT2D eigenvalue weighted by Gasteiger charge is 2.17. The number of aliphatic imine (C=N–C) groups is 1. The highest BCUT2D eigenvalue weighted by molar-refractivity contribution is 5.77. The second-order valence-corrected chi connectivity index (χ2v) is 10.8. The molecular formula is C31H61NO. The van der Waals surface area contributed by atoms with E-state index in [1.54, 1.807) is 0 Å². The Bertz CT molecular complexity index is 419. The van der Waals surface area contributed by atoms with Crippen LogP contribution in [-0.4, -0.2) is 18.5 Å². The molecule has 0 aromatic rings. The van der Waals surface area contributed by atoms with Crippen molar-refractivity contribution in [1.29, 1.82) is 0 Å². The summed E-state index contributed by atoms with van der Waals surface area (Å²) in [5.41, 5.74) is 0. The lowest BCUT2D eigenvalue weighted by Crippen LogP contribution is -2.05. The number of hydrogen-bond acceptors (Lipinski definition) is 2. The molecule has 0 saturated carbocycles. The van der Waals surface area contributed by atoms with Crippen molar-refractivity contribution in [2.45, 2.75) is 187 Å². The maximum absolute atomic E-state index is 5.87. The van der Waals surface area contributed by atoms with Crippen molar-refractivity contribution in [3.8, 4) is 0 Å². The quantitative estimate of drug-likeness (QED) is 0.117. The monoisotopic (exact) mass is 463 g/mol. The molecule has 0 radical (unpaired) electrons. The van der Waals surface area contributed by atoms with Gasteiger partial charge in [-0.15, -0.1) is 0 Å². The summed E-state index contributed by atoms with van der Waals surface area (Å²) in [5, 5.41) is 0. The molecule has 0 fully saturated rings. The molecule has 0 aromatic carbocycles. The molecule has 1 heterocycles. The molecule has 196 valence electrons. The third-order valence-corrected chi connectivity index (χ3v) is 7.40. The molecule has 1 atom stereocenters. The maximum Gasteiger partial charge on any atom is 0.183 e. The molecule has 2 heteroatoms. The maximum atomic E-state index is 5.87. The van der Waals surface area contributed by atoms with Crippen molar-refractivity contribution in [2.24, 2.45) is 4.99 Å². The molecule has 0 spiro atoms. The zero-order chi connectivity index (χ0) is 23.7. The molecule has 1 aliphatic rings. The van der Waals surface area contributed by atoms with Gasteiger partial charge in [0.15, 0.2) is 5.90 Å². The van der Waals surface area contributed by atoms with Gasteiger partial charge in [0, 0.05) is 6.42 Å². The second-order valence-electron chi connectivity index (χ2n) is 10.8. The van der Waals surface area contributed by atoms with Crippen LogP contribution in [0, 0.1) is 0 Å². The first-order chi connectivity index (χ1) is 16.4. The molecule has 33 heavy (non-hydrogen) atoms. The fourth-order valence-electron chi connectivity index (χ4n) is 5.09. The smallest absolute Gasteiger partial charge is 0.183 e. The van der Waals surface area contributed by atoms with Crippen LogP contribution in [0.4, 0.5) is 0 Å². The van der Waals surface area contributed by atoms with Gasteiger partial charge in [0.05, 0.1) is 6.04 Å². The highest BCUT2D eigenvalue weighted by atomic mass is 16.5. The van der Waals surface area contributed by atoms with E-state index in [4.69, 9.17) is 9.73 Å². The first-order valence-electron chi connectivity index (χ1n) is 15.6. The fraction of sp³-hybridized carbons (Fsp3) is 0.968. The number of unbranched alkanes of at least 4 members (excludes halogenated alkanes) is 22. The Kier molecular flexibility index (Phi) is 22.7. The van der Waals surface area contributed by atoms with Gasteiger partial charge in [-0.25, -0.2) is 4.99 Å². The Hall–Kier alpha value is -0.530. The molecule has 0 saturated heterocycles. The minimum atomic E-state index is 0.459. The Morgan fingerprint density at radius 2 is 0.879 bits per heavy atom. The van der Waals surface area contributed by atoms with E-state index in [1.807, 2.05) is 0 Å². The summed E-state index contributed by atoms with van der Waals surface area (Å²) >= 11 is 0. The third kappa shape index (κ3) is 20.5. The topological polar surface area (TPSA) is 21.6 Å². The Labute approximate surface area is 209 Å². The Morgan fingerprint density at radius 3 is 1.30 bits per heavy atom. The van der Waals surface area contributed by atoms with Gasteiger partial charge in [-0.1, -0.05) is 162 Å². The molecule has 0 aromatic heterocycles. The van der Waals surface area contributed by atoms with E-state index >= 15 is 0 Å². The molecule has 1 aliphatic heterocycles. The van der Waals surface area contributed by atoms with E-state index in [-0.39, 0.29) is 0 Å². The van der Waals surface area contributed by atoms with E-state index in [0.717, 1.165) is 18.9 Å². The summed E-state index contributed by atoms with van der Waals surface area (Å²) in [6, 6.07) is 0.459. The first kappa shape index (κ1) is 30.5. The first-order valence-corrected chi connectivity index (χ1v) is 15.6. The molecule has 1 rings (SSSR count). The molecule has 0 bridgehead atoms. The predicted octanol–water partition coefficient (Wildman–Crippen LogP) is 11.0. The Balaban J connectivity index is 1.81. The second kappa shape index (κ2) is 24.6. The predicted molar refractivity (Wildman–Crippen MR) is 149 cm³/mol. The van der Waals surface area contributed by atoms with Crippen molar-refractivity contribution < 1.29 is 4.74 Å². The van der Waals surface area contributed by atoms with E-state index in [2.05, 4.69) is 13.8 Å². The molecule has 2 nitrogen and oxygen atoms in total. The van der Waals surface area contributed by atoms with Crippen LogP contribution in [0.15, 0.2) is 4.99 Å². The van der Waals surface area contributed by atoms with Gasteiger partial charge in [0.1, 0.15) is 6.61 Å². The average Bonchev–Trinajstić information content (AvgIpc) is 3.28. The molecule has 1 unspecified atom stereocenters. The van der Waals surface area contributed by atoms with Gasteiger partial charge in [0.25, 0.3) is 0 Å². The molecule has 0 N–H and O–H groups in total. The van der Waals surface area contributed by atoms with E-state index in [1.165, 1.54) is 161 Å². The largest absolute Gasteiger partial charge is 0.479 e. The summed E-state index contributed by atoms with van der Waals surface area (Å²) < 4.78 is 5.87. The third-order valence-electron chi connectivity index (χ3n) is 7.40. The van der Waals surface area contributed by atoms with Gasteiger partial charge in [-0.3, -0.25) is 0 Å². The van der Waals surface area contributed by atoms with Crippen LogP contribution in [0.5, 0.6) is 0 Å².